The number of rotatable bonds is 5. The van der Waals surface area contributed by atoms with Gasteiger partial charge in [0.05, 0.1) is 11.1 Å². The monoisotopic (exact) mass is 343 g/mol. The third kappa shape index (κ3) is 3.79. The highest BCUT2D eigenvalue weighted by Crippen LogP contribution is 2.25. The van der Waals surface area contributed by atoms with Crippen LogP contribution in [0.2, 0.25) is 0 Å². The molecule has 1 aliphatic rings. The molecule has 0 saturated heterocycles. The van der Waals surface area contributed by atoms with E-state index in [4.69, 9.17) is 4.74 Å². The maximum absolute atomic E-state index is 13.7. The zero-order chi connectivity index (χ0) is 14.5. The van der Waals surface area contributed by atoms with Crippen LogP contribution in [0.15, 0.2) is 22.7 Å². The molecule has 0 spiro atoms. The fourth-order valence-electron chi connectivity index (χ4n) is 2.55. The molecule has 0 aromatic heterocycles. The van der Waals surface area contributed by atoms with Gasteiger partial charge in [-0.05, 0) is 53.4 Å². The quantitative estimate of drug-likeness (QED) is 0.828. The van der Waals surface area contributed by atoms with Crippen LogP contribution < -0.4 is 5.32 Å². The van der Waals surface area contributed by atoms with Crippen LogP contribution in [-0.4, -0.2) is 18.6 Å². The van der Waals surface area contributed by atoms with E-state index in [1.807, 2.05) is 0 Å². The third-order valence-electron chi connectivity index (χ3n) is 3.56. The summed E-state index contributed by atoms with van der Waals surface area (Å²) < 4.78 is 19.2. The minimum absolute atomic E-state index is 0.302. The molecular weight excluding hydrogens is 325 g/mol. The van der Waals surface area contributed by atoms with E-state index in [1.165, 1.54) is 18.9 Å². The Balaban J connectivity index is 2.19. The van der Waals surface area contributed by atoms with Gasteiger partial charge in [-0.15, -0.1) is 0 Å². The molecule has 0 bridgehead atoms. The van der Waals surface area contributed by atoms with E-state index in [1.54, 1.807) is 19.1 Å². The zero-order valence-electron chi connectivity index (χ0n) is 11.5. The maximum Gasteiger partial charge on any atom is 0.327 e. The predicted octanol–water partition coefficient (Wildman–Crippen LogP) is 3.72. The fourth-order valence-corrected chi connectivity index (χ4v) is 2.79. The molecule has 1 unspecified atom stereocenters. The summed E-state index contributed by atoms with van der Waals surface area (Å²) in [6, 6.07) is 4.45. The van der Waals surface area contributed by atoms with Crippen molar-refractivity contribution in [3.63, 3.8) is 0 Å². The van der Waals surface area contributed by atoms with Crippen LogP contribution >= 0.6 is 15.9 Å². The lowest BCUT2D eigenvalue weighted by molar-refractivity contribution is -0.146. The standard InChI is InChI=1S/C15H19BrFNO2/c1-2-20-15(19)14(18-11-5-3-4-6-11)10-7-8-12(16)13(17)9-10/h7-9,11,14,18H,2-6H2,1H3. The predicted molar refractivity (Wildman–Crippen MR) is 78.9 cm³/mol. The lowest BCUT2D eigenvalue weighted by Gasteiger charge is -2.22. The molecule has 1 fully saturated rings. The SMILES string of the molecule is CCOC(=O)C(NC1CCCC1)c1ccc(Br)c(F)c1. The van der Waals surface area contributed by atoms with Crippen molar-refractivity contribution in [2.75, 3.05) is 6.61 Å². The Kier molecular flexibility index (Phi) is 5.54. The molecule has 20 heavy (non-hydrogen) atoms. The maximum atomic E-state index is 13.7. The lowest BCUT2D eigenvalue weighted by Crippen LogP contribution is -2.36. The van der Waals surface area contributed by atoms with Crippen LogP contribution in [0.1, 0.15) is 44.2 Å². The van der Waals surface area contributed by atoms with Crippen LogP contribution in [0.4, 0.5) is 4.39 Å². The first-order valence-electron chi connectivity index (χ1n) is 6.99. The van der Waals surface area contributed by atoms with Gasteiger partial charge in [-0.25, -0.2) is 9.18 Å². The van der Waals surface area contributed by atoms with Gasteiger partial charge in [0, 0.05) is 6.04 Å². The smallest absolute Gasteiger partial charge is 0.327 e. The first-order chi connectivity index (χ1) is 9.61. The Morgan fingerprint density at radius 3 is 2.80 bits per heavy atom. The summed E-state index contributed by atoms with van der Waals surface area (Å²) in [4.78, 5) is 12.1. The van der Waals surface area contributed by atoms with E-state index in [2.05, 4.69) is 21.2 Å². The van der Waals surface area contributed by atoms with Gasteiger partial charge in [-0.2, -0.15) is 0 Å². The number of halogens is 2. The fraction of sp³-hybridized carbons (Fsp3) is 0.533. The highest BCUT2D eigenvalue weighted by atomic mass is 79.9. The summed E-state index contributed by atoms with van der Waals surface area (Å²) >= 11 is 3.12. The number of carbonyl (C=O) groups is 1. The van der Waals surface area contributed by atoms with Crippen LogP contribution in [0.3, 0.4) is 0 Å². The summed E-state index contributed by atoms with van der Waals surface area (Å²) in [5.74, 6) is -0.717. The van der Waals surface area contributed by atoms with Crippen molar-refractivity contribution in [3.8, 4) is 0 Å². The molecule has 2 rings (SSSR count). The Morgan fingerprint density at radius 2 is 2.20 bits per heavy atom. The summed E-state index contributed by atoms with van der Waals surface area (Å²) in [6.45, 7) is 2.09. The first kappa shape index (κ1) is 15.4. The van der Waals surface area contributed by atoms with Gasteiger partial charge in [-0.1, -0.05) is 18.9 Å². The highest BCUT2D eigenvalue weighted by Gasteiger charge is 2.27. The van der Waals surface area contributed by atoms with E-state index in [0.29, 0.717) is 22.7 Å². The van der Waals surface area contributed by atoms with E-state index >= 15 is 0 Å². The second-order valence-corrected chi connectivity index (χ2v) is 5.86. The molecule has 1 N–H and O–H groups in total. The second-order valence-electron chi connectivity index (χ2n) is 5.01. The van der Waals surface area contributed by atoms with Gasteiger partial charge >= 0.3 is 5.97 Å². The molecular formula is C15H19BrFNO2. The number of hydrogen-bond donors (Lipinski definition) is 1. The number of benzene rings is 1. The molecule has 110 valence electrons. The van der Waals surface area contributed by atoms with Crippen LogP contribution in [0.25, 0.3) is 0 Å². The summed E-state index contributed by atoms with van der Waals surface area (Å²) in [7, 11) is 0. The Bertz CT molecular complexity index is 475. The van der Waals surface area contributed by atoms with Gasteiger partial charge in [0.15, 0.2) is 0 Å². The van der Waals surface area contributed by atoms with Crippen molar-refractivity contribution in [1.82, 2.24) is 5.32 Å². The average Bonchev–Trinajstić information content (AvgIpc) is 2.92. The van der Waals surface area contributed by atoms with Gasteiger partial charge in [0.2, 0.25) is 0 Å². The third-order valence-corrected chi connectivity index (χ3v) is 4.20. The summed E-state index contributed by atoms with van der Waals surface area (Å²) in [6.07, 6.45) is 4.44. The summed E-state index contributed by atoms with van der Waals surface area (Å²) in [5, 5.41) is 3.31. The molecule has 0 aliphatic heterocycles. The normalized spacial score (nSPS) is 17.1. The summed E-state index contributed by atoms with van der Waals surface area (Å²) in [5.41, 5.74) is 0.607. The van der Waals surface area contributed by atoms with Crippen molar-refractivity contribution < 1.29 is 13.9 Å². The second kappa shape index (κ2) is 7.18. The first-order valence-corrected chi connectivity index (χ1v) is 7.78. The molecule has 3 nitrogen and oxygen atoms in total. The molecule has 1 saturated carbocycles. The van der Waals surface area contributed by atoms with Crippen molar-refractivity contribution >= 4 is 21.9 Å². The number of nitrogens with one attached hydrogen (secondary N) is 1. The average molecular weight is 344 g/mol. The van der Waals surface area contributed by atoms with E-state index in [-0.39, 0.29) is 11.8 Å². The van der Waals surface area contributed by atoms with Gasteiger partial charge in [-0.3, -0.25) is 5.32 Å². The number of carbonyl (C=O) groups excluding carboxylic acids is 1. The molecule has 5 heteroatoms. The van der Waals surface area contributed by atoms with Crippen molar-refractivity contribution in [3.05, 3.63) is 34.1 Å². The van der Waals surface area contributed by atoms with Crippen LogP contribution in [0.5, 0.6) is 0 Å². The molecule has 0 heterocycles. The van der Waals surface area contributed by atoms with Crippen molar-refractivity contribution in [1.29, 1.82) is 0 Å². The molecule has 1 aliphatic carbocycles. The van der Waals surface area contributed by atoms with Gasteiger partial charge in [0.25, 0.3) is 0 Å². The minimum Gasteiger partial charge on any atom is -0.465 e. The Morgan fingerprint density at radius 1 is 1.50 bits per heavy atom. The van der Waals surface area contributed by atoms with E-state index < -0.39 is 6.04 Å². The zero-order valence-corrected chi connectivity index (χ0v) is 13.1. The molecule has 0 radical (unpaired) electrons. The van der Waals surface area contributed by atoms with Crippen LogP contribution in [0, 0.1) is 5.82 Å². The Labute approximate surface area is 127 Å². The van der Waals surface area contributed by atoms with Crippen molar-refractivity contribution in [2.45, 2.75) is 44.7 Å². The van der Waals surface area contributed by atoms with Gasteiger partial charge < -0.3 is 4.74 Å². The lowest BCUT2D eigenvalue weighted by atomic mass is 10.1. The van der Waals surface area contributed by atoms with Gasteiger partial charge in [0.1, 0.15) is 11.9 Å². The van der Waals surface area contributed by atoms with E-state index in [0.717, 1.165) is 12.8 Å². The molecule has 1 aromatic carbocycles. The number of ether oxygens (including phenoxy) is 1. The van der Waals surface area contributed by atoms with Crippen molar-refractivity contribution in [2.24, 2.45) is 0 Å². The number of esters is 1. The van der Waals surface area contributed by atoms with Crippen LogP contribution in [-0.2, 0) is 9.53 Å². The molecule has 0 amide bonds. The number of hydrogen-bond acceptors (Lipinski definition) is 3. The molecule has 1 atom stereocenters. The Hall–Kier alpha value is -0.940. The topological polar surface area (TPSA) is 38.3 Å². The highest BCUT2D eigenvalue weighted by molar-refractivity contribution is 9.10. The largest absolute Gasteiger partial charge is 0.465 e. The molecule has 1 aromatic rings. The minimum atomic E-state index is -0.597. The van der Waals surface area contributed by atoms with E-state index in [9.17, 15) is 9.18 Å².